The van der Waals surface area contributed by atoms with E-state index in [4.69, 9.17) is 47.0 Å². The Morgan fingerprint density at radius 1 is 0.594 bits per heavy atom. The lowest BCUT2D eigenvalue weighted by atomic mass is 10.1. The number of rotatable bonds is 20. The van der Waals surface area contributed by atoms with Gasteiger partial charge in [0.15, 0.2) is 11.5 Å². The van der Waals surface area contributed by atoms with Gasteiger partial charge in [0, 0.05) is 17.7 Å². The van der Waals surface area contributed by atoms with Gasteiger partial charge in [0.1, 0.15) is 17.2 Å². The number of fused-ring (bicyclic) bond motifs is 1. The van der Waals surface area contributed by atoms with Crippen LogP contribution in [0.3, 0.4) is 0 Å². The van der Waals surface area contributed by atoms with Gasteiger partial charge in [-0.2, -0.15) is 0 Å². The summed E-state index contributed by atoms with van der Waals surface area (Å²) >= 11 is 0. The molecule has 0 amide bonds. The minimum atomic E-state index is -0.953. The van der Waals surface area contributed by atoms with Gasteiger partial charge in [-0.05, 0) is 117 Å². The van der Waals surface area contributed by atoms with Gasteiger partial charge in [-0.25, -0.2) is 38.5 Å². The zero-order chi connectivity index (χ0) is 46.0. The van der Waals surface area contributed by atoms with Crippen LogP contribution >= 0.6 is 0 Å². The quantitative estimate of drug-likeness (QED) is 0.0182. The lowest BCUT2D eigenvalue weighted by Gasteiger charge is -2.12. The minimum absolute atomic E-state index is 0.0312. The monoisotopic (exact) mass is 879 g/mol. The van der Waals surface area contributed by atoms with Crippen molar-refractivity contribution < 1.29 is 75.8 Å². The van der Waals surface area contributed by atoms with Crippen LogP contribution in [-0.4, -0.2) is 74.7 Å². The number of aromatic nitrogens is 1. The van der Waals surface area contributed by atoms with Crippen molar-refractivity contribution in [1.82, 2.24) is 4.98 Å². The molecule has 5 rings (SSSR count). The van der Waals surface area contributed by atoms with Gasteiger partial charge < -0.3 is 47.0 Å². The fraction of sp³-hybridized carbons (Fsp3) is 0.217. The first-order chi connectivity index (χ1) is 30.9. The predicted molar refractivity (Wildman–Crippen MR) is 225 cm³/mol. The summed E-state index contributed by atoms with van der Waals surface area (Å²) in [6.45, 7) is 8.67. The number of carbonyl (C=O) groups is 6. The molecule has 5 aromatic rings. The molecular weight excluding hydrogens is 838 g/mol. The fourth-order valence-electron chi connectivity index (χ4n) is 5.39. The minimum Gasteiger partial charge on any atom is -0.493 e. The lowest BCUT2D eigenvalue weighted by Crippen LogP contribution is -2.13. The maximum absolute atomic E-state index is 13.2. The first-order valence-electron chi connectivity index (χ1n) is 19.4. The molecule has 0 saturated carbocycles. The van der Waals surface area contributed by atoms with E-state index in [-0.39, 0.29) is 83.1 Å². The van der Waals surface area contributed by atoms with E-state index >= 15 is 0 Å². The molecule has 1 aromatic heterocycles. The van der Waals surface area contributed by atoms with Crippen molar-refractivity contribution in [3.63, 3.8) is 0 Å². The van der Waals surface area contributed by atoms with Gasteiger partial charge in [-0.3, -0.25) is 0 Å². The van der Waals surface area contributed by atoms with E-state index in [1.165, 1.54) is 79.9 Å². The summed E-state index contributed by atoms with van der Waals surface area (Å²) in [4.78, 5) is 89.8. The molecule has 18 heteroatoms. The maximum Gasteiger partial charge on any atom is 0.513 e. The number of aryl methyl sites for hydroxylation is 1. The van der Waals surface area contributed by atoms with Crippen LogP contribution in [0.5, 0.6) is 28.7 Å². The van der Waals surface area contributed by atoms with E-state index in [0.29, 0.717) is 36.8 Å². The van der Waals surface area contributed by atoms with Crippen LogP contribution in [-0.2, 0) is 28.5 Å². The molecule has 64 heavy (non-hydrogen) atoms. The van der Waals surface area contributed by atoms with Gasteiger partial charge >= 0.3 is 41.8 Å². The zero-order valence-electron chi connectivity index (χ0n) is 34.6. The molecule has 0 fully saturated rings. The van der Waals surface area contributed by atoms with Crippen LogP contribution < -0.4 is 29.3 Å². The normalized spacial score (nSPS) is 10.5. The lowest BCUT2D eigenvalue weighted by molar-refractivity contribution is -0.138. The maximum atomic E-state index is 13.2. The number of hydrogen-bond donors (Lipinski definition) is 0. The van der Waals surface area contributed by atoms with Crippen LogP contribution in [0.25, 0.3) is 22.4 Å². The first-order valence-corrected chi connectivity index (χ1v) is 19.4. The first kappa shape index (κ1) is 46.8. The molecule has 0 atom stereocenters. The van der Waals surface area contributed by atoms with E-state index < -0.39 is 41.8 Å². The van der Waals surface area contributed by atoms with Gasteiger partial charge in [-0.1, -0.05) is 13.2 Å². The van der Waals surface area contributed by atoms with E-state index in [2.05, 4.69) is 18.1 Å². The van der Waals surface area contributed by atoms with Gasteiger partial charge in [0.2, 0.25) is 5.89 Å². The average Bonchev–Trinajstić information content (AvgIpc) is 3.29. The molecule has 0 spiro atoms. The summed E-state index contributed by atoms with van der Waals surface area (Å²) in [6, 6.07) is 18.4. The highest BCUT2D eigenvalue weighted by Crippen LogP contribution is 2.33. The summed E-state index contributed by atoms with van der Waals surface area (Å²) in [5.41, 5.74) is 0.506. The SMILES string of the molecule is C=CC(=O)OCCCCOC(=O)Oc1ccc(C(=O)Oc2cc3c(=O)oc(-c4ccc(OC(=O)c5ccc(OC(=O)OCCCCOC(=O)C=C)cc5)c(OC)c4)nc3cc2C)cc1. The fourth-order valence-corrected chi connectivity index (χ4v) is 5.39. The largest absolute Gasteiger partial charge is 0.513 e. The zero-order valence-corrected chi connectivity index (χ0v) is 34.6. The molecule has 0 aliphatic rings. The van der Waals surface area contributed by atoms with Gasteiger partial charge in [-0.15, -0.1) is 0 Å². The van der Waals surface area contributed by atoms with Crippen LogP contribution in [0.15, 0.2) is 113 Å². The standard InChI is InChI=1S/C46H41NO17/c1-5-39(48)56-21-7-9-23-58-45(53)60-32-16-11-29(12-17-32)42(50)62-36-20-15-31(26-38(36)55-4)41-47-35-25-28(3)37(27-34(35)44(52)64-41)63-43(51)30-13-18-33(19-14-30)61-46(54)59-24-10-8-22-57-40(49)6-2/h5-6,11-20,25-27H,1-2,7-10,21-24H2,3-4H3. The van der Waals surface area contributed by atoms with Crippen molar-refractivity contribution in [2.24, 2.45) is 0 Å². The topological polar surface area (TPSA) is 229 Å². The molecule has 0 radical (unpaired) electrons. The van der Waals surface area contributed by atoms with Crippen molar-refractivity contribution in [1.29, 1.82) is 0 Å². The molecule has 0 aliphatic carbocycles. The van der Waals surface area contributed by atoms with Gasteiger partial charge in [0.25, 0.3) is 0 Å². The molecule has 0 saturated heterocycles. The molecule has 0 aliphatic heterocycles. The number of ether oxygens (including phenoxy) is 9. The highest BCUT2D eigenvalue weighted by molar-refractivity contribution is 5.93. The van der Waals surface area contributed by atoms with Crippen LogP contribution in [0.2, 0.25) is 0 Å². The summed E-state index contributed by atoms with van der Waals surface area (Å²) < 4.78 is 52.0. The van der Waals surface area contributed by atoms with Crippen molar-refractivity contribution in [2.75, 3.05) is 33.5 Å². The number of methoxy groups -OCH3 is 1. The Bertz CT molecular complexity index is 2580. The van der Waals surface area contributed by atoms with Crippen LogP contribution in [0.4, 0.5) is 9.59 Å². The predicted octanol–water partition coefficient (Wildman–Crippen LogP) is 7.66. The summed E-state index contributed by atoms with van der Waals surface area (Å²) in [6.07, 6.45) is 2.03. The van der Waals surface area contributed by atoms with E-state index in [9.17, 15) is 33.6 Å². The molecule has 0 N–H and O–H groups in total. The third-order valence-electron chi connectivity index (χ3n) is 8.66. The highest BCUT2D eigenvalue weighted by atomic mass is 16.7. The second-order valence-corrected chi connectivity index (χ2v) is 13.2. The molecule has 0 bridgehead atoms. The summed E-state index contributed by atoms with van der Waals surface area (Å²) in [7, 11) is 1.36. The van der Waals surface area contributed by atoms with Crippen LogP contribution in [0, 0.1) is 6.92 Å². The Kier molecular flexibility index (Phi) is 16.9. The highest BCUT2D eigenvalue weighted by Gasteiger charge is 2.19. The number of esters is 4. The second-order valence-electron chi connectivity index (χ2n) is 13.2. The molecule has 1 heterocycles. The van der Waals surface area contributed by atoms with E-state index in [0.717, 1.165) is 12.2 Å². The van der Waals surface area contributed by atoms with Crippen molar-refractivity contribution >= 4 is 47.1 Å². The molecular formula is C46H41NO17. The van der Waals surface area contributed by atoms with E-state index in [1.54, 1.807) is 13.0 Å². The van der Waals surface area contributed by atoms with Gasteiger partial charge in [0.05, 0.1) is 55.6 Å². The Hall–Kier alpha value is -8.28. The molecule has 0 unspecified atom stereocenters. The van der Waals surface area contributed by atoms with Crippen LogP contribution in [0.1, 0.15) is 52.0 Å². The summed E-state index contributed by atoms with van der Waals surface area (Å²) in [5.74, 6) is -2.18. The second kappa shape index (κ2) is 23.1. The molecule has 4 aromatic carbocycles. The summed E-state index contributed by atoms with van der Waals surface area (Å²) in [5, 5.41) is 0.0312. The van der Waals surface area contributed by atoms with E-state index in [1.807, 2.05) is 0 Å². The molecule has 332 valence electrons. The third-order valence-corrected chi connectivity index (χ3v) is 8.66. The number of nitrogens with zero attached hydrogens (tertiary/aromatic N) is 1. The smallest absolute Gasteiger partial charge is 0.493 e. The Morgan fingerprint density at radius 3 is 1.56 bits per heavy atom. The number of benzene rings is 4. The number of carbonyl (C=O) groups excluding carboxylic acids is 6. The Balaban J connectivity index is 1.15. The Labute approximate surface area is 364 Å². The Morgan fingerprint density at radius 2 is 1.08 bits per heavy atom. The molecule has 18 nitrogen and oxygen atoms in total. The number of unbranched alkanes of at least 4 members (excludes halogenated alkanes) is 2. The van der Waals surface area contributed by atoms with Crippen molar-refractivity contribution in [3.05, 3.63) is 131 Å². The van der Waals surface area contributed by atoms with Crippen molar-refractivity contribution in [3.8, 4) is 40.2 Å². The van der Waals surface area contributed by atoms with Crippen molar-refractivity contribution in [2.45, 2.75) is 32.6 Å². The average molecular weight is 880 g/mol. The third kappa shape index (κ3) is 13.6. The number of hydrogen-bond acceptors (Lipinski definition) is 18.